The minimum absolute atomic E-state index is 0.446. The summed E-state index contributed by atoms with van der Waals surface area (Å²) in [5.74, 6) is 0. The first kappa shape index (κ1) is 28.3. The molecule has 21 heteroatoms. The summed E-state index contributed by atoms with van der Waals surface area (Å²) < 4.78 is 62.6. The van der Waals surface area contributed by atoms with Crippen molar-refractivity contribution in [2.45, 2.75) is 49.0 Å². The molecule has 8 atom stereocenters. The SMILES string of the molecule is O=P(O)(O)O[C@@H]1[C@@H](O)[C@@H](O[C@H]2CO[C@H](CO)[C@H]2OP(=O)(O)O)O[C@H](CO)[C@H]1OP(=O)(O)O. The molecular formula is C11H23O18P3. The molecule has 2 aliphatic heterocycles. The van der Waals surface area contributed by atoms with E-state index in [1.165, 1.54) is 0 Å². The summed E-state index contributed by atoms with van der Waals surface area (Å²) in [6, 6.07) is 0. The van der Waals surface area contributed by atoms with Gasteiger partial charge in [-0.25, -0.2) is 13.7 Å². The smallest absolute Gasteiger partial charge is 0.394 e. The van der Waals surface area contributed by atoms with Crippen LogP contribution in [0.1, 0.15) is 0 Å². The molecule has 32 heavy (non-hydrogen) atoms. The fraction of sp³-hybridized carbons (Fsp3) is 1.00. The topological polar surface area (TPSA) is 289 Å². The molecule has 2 rings (SSSR count). The highest BCUT2D eigenvalue weighted by molar-refractivity contribution is 7.46. The number of phosphoric acid groups is 3. The van der Waals surface area contributed by atoms with E-state index >= 15 is 0 Å². The van der Waals surface area contributed by atoms with Crippen LogP contribution in [0.2, 0.25) is 0 Å². The van der Waals surface area contributed by atoms with Crippen molar-refractivity contribution in [2.24, 2.45) is 0 Å². The first-order valence-electron chi connectivity index (χ1n) is 8.59. The van der Waals surface area contributed by atoms with Crippen molar-refractivity contribution < 1.29 is 86.2 Å². The van der Waals surface area contributed by atoms with Gasteiger partial charge >= 0.3 is 23.5 Å². The van der Waals surface area contributed by atoms with Gasteiger partial charge in [-0.05, 0) is 0 Å². The van der Waals surface area contributed by atoms with Crippen molar-refractivity contribution in [3.05, 3.63) is 0 Å². The van der Waals surface area contributed by atoms with E-state index in [1.807, 2.05) is 0 Å². The summed E-state index contributed by atoms with van der Waals surface area (Å²) >= 11 is 0. The van der Waals surface area contributed by atoms with Gasteiger partial charge in [0.15, 0.2) is 6.29 Å². The van der Waals surface area contributed by atoms with Gasteiger partial charge in [0.1, 0.15) is 42.7 Å². The van der Waals surface area contributed by atoms with Crippen LogP contribution in [0.25, 0.3) is 0 Å². The maximum Gasteiger partial charge on any atom is 0.470 e. The molecular weight excluding hydrogens is 513 g/mol. The summed E-state index contributed by atoms with van der Waals surface area (Å²) in [5.41, 5.74) is 0. The van der Waals surface area contributed by atoms with E-state index in [9.17, 15) is 29.0 Å². The Balaban J connectivity index is 2.29. The predicted molar refractivity (Wildman–Crippen MR) is 94.2 cm³/mol. The molecule has 0 bridgehead atoms. The molecule has 2 saturated heterocycles. The number of hydrogen-bond donors (Lipinski definition) is 9. The van der Waals surface area contributed by atoms with Crippen LogP contribution in [0, 0.1) is 0 Å². The molecule has 2 fully saturated rings. The Labute approximate surface area is 179 Å². The minimum Gasteiger partial charge on any atom is -0.394 e. The normalized spacial score (nSPS) is 37.0. The van der Waals surface area contributed by atoms with Crippen LogP contribution >= 0.6 is 23.5 Å². The molecule has 0 unspecified atom stereocenters. The molecule has 0 radical (unpaired) electrons. The predicted octanol–water partition coefficient (Wildman–Crippen LogP) is -3.73. The van der Waals surface area contributed by atoms with E-state index in [-0.39, 0.29) is 0 Å². The second-order valence-corrected chi connectivity index (χ2v) is 10.2. The number of phosphoric ester groups is 3. The van der Waals surface area contributed by atoms with Gasteiger partial charge in [-0.15, -0.1) is 0 Å². The summed E-state index contributed by atoms with van der Waals surface area (Å²) in [4.78, 5) is 54.4. The quantitative estimate of drug-likeness (QED) is 0.121. The summed E-state index contributed by atoms with van der Waals surface area (Å²) in [6.45, 7) is -2.25. The average molecular weight is 536 g/mol. The Kier molecular flexibility index (Phi) is 9.55. The van der Waals surface area contributed by atoms with E-state index in [0.29, 0.717) is 0 Å². The average Bonchev–Trinajstić information content (AvgIpc) is 2.98. The molecule has 0 spiro atoms. The molecule has 0 aromatic carbocycles. The van der Waals surface area contributed by atoms with Crippen molar-refractivity contribution >= 4 is 23.5 Å². The first-order valence-corrected chi connectivity index (χ1v) is 13.2. The van der Waals surface area contributed by atoms with E-state index in [1.54, 1.807) is 0 Å². The van der Waals surface area contributed by atoms with Gasteiger partial charge in [-0.1, -0.05) is 0 Å². The molecule has 2 heterocycles. The molecule has 0 aromatic rings. The Hall–Kier alpha value is 0.0900. The Bertz CT molecular complexity index is 759. The highest BCUT2D eigenvalue weighted by Crippen LogP contribution is 2.47. The van der Waals surface area contributed by atoms with Crippen LogP contribution in [0.4, 0.5) is 0 Å². The van der Waals surface area contributed by atoms with Gasteiger partial charge < -0.3 is 58.9 Å². The second-order valence-electron chi connectivity index (χ2n) is 6.63. The Morgan fingerprint density at radius 3 is 1.69 bits per heavy atom. The molecule has 18 nitrogen and oxygen atoms in total. The number of rotatable bonds is 10. The van der Waals surface area contributed by atoms with Crippen LogP contribution < -0.4 is 0 Å². The van der Waals surface area contributed by atoms with Crippen LogP contribution in [-0.2, 0) is 41.5 Å². The standard InChI is InChI=1S/C11H23O18P3/c12-1-4-8(27-30(15,16)17)6(3-24-4)26-11-7(14)10(29-32(21,22)23)9(5(2-13)25-11)28-31(18,19)20/h4-14H,1-3H2,(H2,15,16,17)(H2,18,19,20)(H2,21,22,23)/t4-,5-,6+,7-,8-,9-,10-,11-/m1/s1. The van der Waals surface area contributed by atoms with Gasteiger partial charge in [-0.3, -0.25) is 13.6 Å². The lowest BCUT2D eigenvalue weighted by molar-refractivity contribution is -0.309. The maximum atomic E-state index is 11.3. The monoisotopic (exact) mass is 536 g/mol. The fourth-order valence-corrected chi connectivity index (χ4v) is 4.83. The summed E-state index contributed by atoms with van der Waals surface area (Å²) in [7, 11) is -15.9. The number of aliphatic hydroxyl groups is 3. The summed E-state index contributed by atoms with van der Waals surface area (Å²) in [5, 5.41) is 29.2. The largest absolute Gasteiger partial charge is 0.470 e. The molecule has 0 saturated carbocycles. The van der Waals surface area contributed by atoms with Crippen LogP contribution in [0.3, 0.4) is 0 Å². The highest BCUT2D eigenvalue weighted by atomic mass is 31.2. The van der Waals surface area contributed by atoms with Crippen molar-refractivity contribution in [2.75, 3.05) is 19.8 Å². The van der Waals surface area contributed by atoms with Crippen molar-refractivity contribution in [3.63, 3.8) is 0 Å². The Morgan fingerprint density at radius 1 is 0.750 bits per heavy atom. The lowest BCUT2D eigenvalue weighted by Gasteiger charge is -2.44. The molecule has 2 aliphatic rings. The molecule has 0 aliphatic carbocycles. The number of ether oxygens (including phenoxy) is 3. The zero-order chi connectivity index (χ0) is 24.5. The number of aliphatic hydroxyl groups excluding tert-OH is 3. The van der Waals surface area contributed by atoms with Crippen molar-refractivity contribution in [1.29, 1.82) is 0 Å². The fourth-order valence-electron chi connectivity index (χ4n) is 3.11. The third-order valence-electron chi connectivity index (χ3n) is 4.27. The maximum absolute atomic E-state index is 11.3. The zero-order valence-electron chi connectivity index (χ0n) is 15.8. The van der Waals surface area contributed by atoms with Gasteiger partial charge in [0.05, 0.1) is 19.8 Å². The lowest BCUT2D eigenvalue weighted by atomic mass is 9.99. The highest BCUT2D eigenvalue weighted by Gasteiger charge is 2.53. The van der Waals surface area contributed by atoms with Gasteiger partial charge in [0, 0.05) is 0 Å². The van der Waals surface area contributed by atoms with E-state index in [0.717, 1.165) is 0 Å². The van der Waals surface area contributed by atoms with Gasteiger partial charge in [0.25, 0.3) is 0 Å². The molecule has 0 aromatic heterocycles. The summed E-state index contributed by atoms with van der Waals surface area (Å²) in [6.07, 6.45) is -14.5. The second kappa shape index (κ2) is 10.8. The zero-order valence-corrected chi connectivity index (χ0v) is 18.5. The van der Waals surface area contributed by atoms with Gasteiger partial charge in [0.2, 0.25) is 0 Å². The van der Waals surface area contributed by atoms with E-state index in [4.69, 9.17) is 43.6 Å². The van der Waals surface area contributed by atoms with Crippen LogP contribution in [-0.4, -0.2) is 114 Å². The molecule has 9 N–H and O–H groups in total. The van der Waals surface area contributed by atoms with E-state index < -0.39 is 92.3 Å². The van der Waals surface area contributed by atoms with Gasteiger partial charge in [-0.2, -0.15) is 0 Å². The molecule has 0 amide bonds. The third-order valence-corrected chi connectivity index (χ3v) is 5.82. The van der Waals surface area contributed by atoms with Crippen LogP contribution in [0.5, 0.6) is 0 Å². The minimum atomic E-state index is -5.40. The van der Waals surface area contributed by atoms with E-state index in [2.05, 4.69) is 13.6 Å². The molecule has 190 valence electrons. The lowest BCUT2D eigenvalue weighted by Crippen LogP contribution is -2.61. The van der Waals surface area contributed by atoms with Crippen molar-refractivity contribution in [3.8, 4) is 0 Å². The number of hydrogen-bond acceptors (Lipinski definition) is 12. The Morgan fingerprint density at radius 2 is 1.22 bits per heavy atom. The first-order chi connectivity index (χ1) is 14.5. The van der Waals surface area contributed by atoms with Crippen LogP contribution in [0.15, 0.2) is 0 Å². The van der Waals surface area contributed by atoms with Crippen molar-refractivity contribution in [1.82, 2.24) is 0 Å². The third kappa shape index (κ3) is 8.09.